The van der Waals surface area contributed by atoms with Gasteiger partial charge in [-0.1, -0.05) is 38.1 Å². The van der Waals surface area contributed by atoms with E-state index in [4.69, 9.17) is 4.98 Å². The molecule has 4 aromatic heterocycles. The highest BCUT2D eigenvalue weighted by molar-refractivity contribution is 5.73. The van der Waals surface area contributed by atoms with Crippen molar-refractivity contribution in [1.29, 1.82) is 0 Å². The minimum absolute atomic E-state index is 0.160. The van der Waals surface area contributed by atoms with Crippen LogP contribution in [0.3, 0.4) is 0 Å². The molecular weight excluding hydrogens is 483 g/mol. The minimum Gasteiger partial charge on any atom is -0.333 e. The molecule has 190 valence electrons. The maximum Gasteiger partial charge on any atom is 0.434 e. The molecule has 8 nitrogen and oxygen atoms in total. The molecule has 1 aromatic carbocycles. The normalized spacial score (nSPS) is 13.0. The number of H-pyrrole nitrogens is 1. The van der Waals surface area contributed by atoms with Gasteiger partial charge in [-0.25, -0.2) is 19.7 Å². The number of aromatic nitrogens is 7. The van der Waals surface area contributed by atoms with Crippen molar-refractivity contribution >= 4 is 11.2 Å². The third kappa shape index (κ3) is 4.41. The predicted molar refractivity (Wildman–Crippen MR) is 133 cm³/mol. The summed E-state index contributed by atoms with van der Waals surface area (Å²) in [5.41, 5.74) is 2.63. The maximum atomic E-state index is 13.1. The van der Waals surface area contributed by atoms with E-state index < -0.39 is 17.9 Å². The topological polar surface area (TPSA) is 94.3 Å². The molecule has 0 aliphatic heterocycles. The zero-order valence-corrected chi connectivity index (χ0v) is 20.6. The van der Waals surface area contributed by atoms with Gasteiger partial charge in [0.25, 0.3) is 0 Å². The Morgan fingerprint density at radius 2 is 1.73 bits per heavy atom. The van der Waals surface area contributed by atoms with Gasteiger partial charge in [-0.3, -0.25) is 9.55 Å². The number of rotatable bonds is 5. The largest absolute Gasteiger partial charge is 0.434 e. The van der Waals surface area contributed by atoms with Crippen LogP contribution in [0.15, 0.2) is 59.8 Å². The molecule has 0 radical (unpaired) electrons. The lowest BCUT2D eigenvalue weighted by Gasteiger charge is -2.15. The van der Waals surface area contributed by atoms with Gasteiger partial charge in [0.15, 0.2) is 17.2 Å². The highest BCUT2D eigenvalue weighted by atomic mass is 19.4. The summed E-state index contributed by atoms with van der Waals surface area (Å²) in [5.74, 6) is 0.827. The van der Waals surface area contributed by atoms with Gasteiger partial charge >= 0.3 is 11.9 Å². The Bertz CT molecular complexity index is 1650. The molecule has 0 amide bonds. The van der Waals surface area contributed by atoms with Crippen LogP contribution in [0, 0.1) is 0 Å². The van der Waals surface area contributed by atoms with E-state index in [9.17, 15) is 18.0 Å². The first-order valence-corrected chi connectivity index (χ1v) is 11.7. The van der Waals surface area contributed by atoms with Crippen molar-refractivity contribution < 1.29 is 13.2 Å². The first-order chi connectivity index (χ1) is 17.5. The first kappa shape index (κ1) is 24.4. The lowest BCUT2D eigenvalue weighted by molar-refractivity contribution is -0.140. The van der Waals surface area contributed by atoms with E-state index in [1.54, 1.807) is 41.2 Å². The molecule has 1 N–H and O–H groups in total. The predicted octanol–water partition coefficient (Wildman–Crippen LogP) is 5.33. The number of fused-ring (bicyclic) bond motifs is 1. The van der Waals surface area contributed by atoms with Crippen LogP contribution in [0.25, 0.3) is 33.9 Å². The Balaban J connectivity index is 1.53. The number of pyridine rings is 1. The molecule has 37 heavy (non-hydrogen) atoms. The van der Waals surface area contributed by atoms with Crippen LogP contribution in [0.1, 0.15) is 49.7 Å². The fourth-order valence-corrected chi connectivity index (χ4v) is 4.40. The zero-order valence-electron chi connectivity index (χ0n) is 20.6. The third-order valence-electron chi connectivity index (χ3n) is 6.29. The van der Waals surface area contributed by atoms with Crippen molar-refractivity contribution in [3.05, 3.63) is 82.4 Å². The molecular formula is C26H24F3N7O. The third-order valence-corrected chi connectivity index (χ3v) is 6.29. The summed E-state index contributed by atoms with van der Waals surface area (Å²) < 4.78 is 42.1. The summed E-state index contributed by atoms with van der Waals surface area (Å²) in [6.07, 6.45) is -0.249. The van der Waals surface area contributed by atoms with E-state index in [1.165, 1.54) is 11.6 Å². The molecule has 11 heteroatoms. The maximum absolute atomic E-state index is 13.1. The van der Waals surface area contributed by atoms with Crippen molar-refractivity contribution in [2.24, 2.45) is 7.05 Å². The van der Waals surface area contributed by atoms with Gasteiger partial charge in [0, 0.05) is 30.6 Å². The number of aryl methyl sites for hydroxylation is 1. The SMILES string of the molecule is CC(C)c1ncccc1-c1ncc2[nH]c(=O)n(C(C)c3ccc(-c4nc(C(F)(F)F)cn4C)cc3)c2n1. The second-order valence-corrected chi connectivity index (χ2v) is 9.18. The van der Waals surface area contributed by atoms with E-state index in [-0.39, 0.29) is 17.4 Å². The van der Waals surface area contributed by atoms with Crippen LogP contribution in [0.4, 0.5) is 13.2 Å². The summed E-state index contributed by atoms with van der Waals surface area (Å²) in [6, 6.07) is 10.2. The van der Waals surface area contributed by atoms with E-state index in [2.05, 4.69) is 19.9 Å². The van der Waals surface area contributed by atoms with Crippen LogP contribution in [0.5, 0.6) is 0 Å². The number of nitrogens with zero attached hydrogens (tertiary/aromatic N) is 6. The Morgan fingerprint density at radius 3 is 2.38 bits per heavy atom. The summed E-state index contributed by atoms with van der Waals surface area (Å²) in [7, 11) is 1.52. The number of hydrogen-bond acceptors (Lipinski definition) is 5. The molecule has 0 aliphatic rings. The van der Waals surface area contributed by atoms with Crippen molar-refractivity contribution in [2.45, 2.75) is 38.9 Å². The number of hydrogen-bond donors (Lipinski definition) is 1. The van der Waals surface area contributed by atoms with Crippen molar-refractivity contribution in [1.82, 2.24) is 34.1 Å². The van der Waals surface area contributed by atoms with Gasteiger partial charge in [-0.05, 0) is 30.5 Å². The van der Waals surface area contributed by atoms with Crippen molar-refractivity contribution in [3.63, 3.8) is 0 Å². The van der Waals surface area contributed by atoms with E-state index in [0.717, 1.165) is 23.0 Å². The summed E-state index contributed by atoms with van der Waals surface area (Å²) in [6.45, 7) is 5.94. The van der Waals surface area contributed by atoms with Crippen LogP contribution < -0.4 is 5.69 Å². The molecule has 1 atom stereocenters. The van der Waals surface area contributed by atoms with Crippen LogP contribution >= 0.6 is 0 Å². The quantitative estimate of drug-likeness (QED) is 0.347. The molecule has 0 spiro atoms. The van der Waals surface area contributed by atoms with Gasteiger partial charge in [0.1, 0.15) is 11.3 Å². The standard InChI is InChI=1S/C26H24F3N7O/c1-14(2)21-18(6-5-11-30-21)22-31-12-19-24(34-22)36(25(37)32-19)15(3)16-7-9-17(10-8-16)23-33-20(13-35(23)4)26(27,28)29/h5-15H,1-4H3,(H,32,37). The zero-order chi connectivity index (χ0) is 26.5. The number of imidazole rings is 2. The summed E-state index contributed by atoms with van der Waals surface area (Å²) in [5, 5.41) is 0. The second-order valence-electron chi connectivity index (χ2n) is 9.18. The van der Waals surface area contributed by atoms with Gasteiger partial charge in [0.2, 0.25) is 0 Å². The molecule has 0 aliphatic carbocycles. The fourth-order valence-electron chi connectivity index (χ4n) is 4.40. The fraction of sp³-hybridized carbons (Fsp3) is 0.269. The average Bonchev–Trinajstić information content (AvgIpc) is 3.42. The lowest BCUT2D eigenvalue weighted by Crippen LogP contribution is -2.21. The Hall–Kier alpha value is -4.28. The van der Waals surface area contributed by atoms with Gasteiger partial charge in [-0.15, -0.1) is 0 Å². The molecule has 5 aromatic rings. The van der Waals surface area contributed by atoms with Crippen LogP contribution in [-0.4, -0.2) is 34.1 Å². The molecule has 0 saturated carbocycles. The molecule has 1 unspecified atom stereocenters. The van der Waals surface area contributed by atoms with Crippen molar-refractivity contribution in [2.75, 3.05) is 0 Å². The average molecular weight is 508 g/mol. The molecule has 0 fully saturated rings. The molecule has 0 saturated heterocycles. The molecule has 4 heterocycles. The molecule has 5 rings (SSSR count). The van der Waals surface area contributed by atoms with E-state index in [0.29, 0.717) is 22.6 Å². The second kappa shape index (κ2) is 8.99. The highest BCUT2D eigenvalue weighted by Gasteiger charge is 2.34. The van der Waals surface area contributed by atoms with Gasteiger partial charge < -0.3 is 9.55 Å². The number of nitrogens with one attached hydrogen (secondary N) is 1. The highest BCUT2D eigenvalue weighted by Crippen LogP contribution is 2.31. The first-order valence-electron chi connectivity index (χ1n) is 11.7. The smallest absolute Gasteiger partial charge is 0.333 e. The van der Waals surface area contributed by atoms with E-state index >= 15 is 0 Å². The lowest BCUT2D eigenvalue weighted by atomic mass is 10.0. The Labute approximate surface area is 209 Å². The minimum atomic E-state index is -4.52. The summed E-state index contributed by atoms with van der Waals surface area (Å²) in [4.78, 5) is 33.1. The van der Waals surface area contributed by atoms with Crippen molar-refractivity contribution in [3.8, 4) is 22.8 Å². The van der Waals surface area contributed by atoms with Crippen LogP contribution in [-0.2, 0) is 13.2 Å². The Morgan fingerprint density at radius 1 is 1.00 bits per heavy atom. The van der Waals surface area contributed by atoms with E-state index in [1.807, 2.05) is 32.9 Å². The number of alkyl halides is 3. The number of benzene rings is 1. The van der Waals surface area contributed by atoms with Gasteiger partial charge in [0.05, 0.1) is 17.9 Å². The Kier molecular flexibility index (Phi) is 5.93. The van der Waals surface area contributed by atoms with Crippen LogP contribution in [0.2, 0.25) is 0 Å². The monoisotopic (exact) mass is 507 g/mol. The molecule has 0 bridgehead atoms. The summed E-state index contributed by atoms with van der Waals surface area (Å²) >= 11 is 0. The van der Waals surface area contributed by atoms with Gasteiger partial charge in [-0.2, -0.15) is 13.2 Å². The number of aromatic amines is 1. The number of halogens is 3.